The predicted octanol–water partition coefficient (Wildman–Crippen LogP) is -2.06. The van der Waals surface area contributed by atoms with E-state index in [9.17, 15) is 19.2 Å². The highest BCUT2D eigenvalue weighted by atomic mass is 16.3. The van der Waals surface area contributed by atoms with Crippen molar-refractivity contribution in [1.29, 1.82) is 0 Å². The highest BCUT2D eigenvalue weighted by Crippen LogP contribution is 2.15. The second-order valence-electron chi connectivity index (χ2n) is 5.62. The number of nitrogens with two attached hydrogens (primary N) is 2. The normalized spacial score (nSPS) is 21.9. The fourth-order valence-electron chi connectivity index (χ4n) is 2.67. The molecule has 23 heavy (non-hydrogen) atoms. The van der Waals surface area contributed by atoms with E-state index in [-0.39, 0.29) is 37.4 Å². The maximum Gasteiger partial charge on any atom is 0.240 e. The van der Waals surface area contributed by atoms with Crippen LogP contribution in [0, 0.1) is 0 Å². The molecular formula is C14H24N4O5. The van der Waals surface area contributed by atoms with Crippen molar-refractivity contribution in [2.24, 2.45) is 11.5 Å². The Morgan fingerprint density at radius 1 is 1.30 bits per heavy atom. The first-order chi connectivity index (χ1) is 10.8. The molecule has 0 radical (unpaired) electrons. The Bertz CT molecular complexity index is 482. The summed E-state index contributed by atoms with van der Waals surface area (Å²) in [6.45, 7) is 2.68. The number of carbonyl (C=O) groups excluding carboxylic acids is 4. The molecule has 0 aromatic heterocycles. The van der Waals surface area contributed by atoms with Crippen molar-refractivity contribution in [2.45, 2.75) is 44.8 Å². The Hall–Kier alpha value is -2.16. The number of amides is 4. The zero-order chi connectivity index (χ0) is 17.6. The minimum atomic E-state index is -0.637. The van der Waals surface area contributed by atoms with Crippen LogP contribution in [0.4, 0.5) is 0 Å². The maximum absolute atomic E-state index is 11.2. The van der Waals surface area contributed by atoms with Crippen molar-refractivity contribution < 1.29 is 24.3 Å². The third kappa shape index (κ3) is 5.51. The SMILES string of the molecule is CCC(C(N)=O)N1CCCC1=O.NC(=O)CN1CC(O)CC1=O. The maximum atomic E-state index is 11.2. The van der Waals surface area contributed by atoms with Crippen LogP contribution in [0.25, 0.3) is 0 Å². The quantitative estimate of drug-likeness (QED) is 0.531. The number of hydrogen-bond acceptors (Lipinski definition) is 5. The molecule has 0 aromatic rings. The standard InChI is InChI=1S/C8H14N2O2.C6H10N2O3/c1-2-6(8(9)12)10-5-3-4-7(10)11;7-5(10)3-8-2-4(9)1-6(8)11/h6H,2-5H2,1H3,(H2,9,12);4,9H,1-3H2,(H2,7,10). The van der Waals surface area contributed by atoms with Crippen LogP contribution in [0.2, 0.25) is 0 Å². The van der Waals surface area contributed by atoms with E-state index < -0.39 is 17.9 Å². The number of carbonyl (C=O) groups is 4. The van der Waals surface area contributed by atoms with Gasteiger partial charge in [-0.2, -0.15) is 0 Å². The summed E-state index contributed by atoms with van der Waals surface area (Å²) in [6.07, 6.45) is 1.49. The number of aliphatic hydroxyl groups excluding tert-OH is 1. The Labute approximate surface area is 134 Å². The van der Waals surface area contributed by atoms with Crippen molar-refractivity contribution in [3.8, 4) is 0 Å². The first kappa shape index (κ1) is 18.9. The molecule has 2 aliphatic heterocycles. The molecule has 4 amide bonds. The fraction of sp³-hybridized carbons (Fsp3) is 0.714. The van der Waals surface area contributed by atoms with Gasteiger partial charge in [0.1, 0.15) is 6.04 Å². The summed E-state index contributed by atoms with van der Waals surface area (Å²) >= 11 is 0. The number of hydrogen-bond donors (Lipinski definition) is 3. The third-order valence-electron chi connectivity index (χ3n) is 3.74. The molecular weight excluding hydrogens is 304 g/mol. The van der Waals surface area contributed by atoms with Gasteiger partial charge >= 0.3 is 0 Å². The largest absolute Gasteiger partial charge is 0.391 e. The number of rotatable bonds is 5. The molecule has 0 aliphatic carbocycles. The van der Waals surface area contributed by atoms with E-state index in [0.29, 0.717) is 19.4 Å². The van der Waals surface area contributed by atoms with Crippen LogP contribution in [-0.4, -0.2) is 70.3 Å². The van der Waals surface area contributed by atoms with E-state index in [4.69, 9.17) is 16.6 Å². The first-order valence-corrected chi connectivity index (χ1v) is 7.59. The molecule has 5 N–H and O–H groups in total. The van der Waals surface area contributed by atoms with E-state index in [0.717, 1.165) is 6.42 Å². The summed E-state index contributed by atoms with van der Waals surface area (Å²) in [6, 6.07) is -0.389. The van der Waals surface area contributed by atoms with Crippen LogP contribution in [-0.2, 0) is 19.2 Å². The molecule has 0 saturated carbocycles. The van der Waals surface area contributed by atoms with E-state index in [1.807, 2.05) is 6.92 Å². The Balaban J connectivity index is 0.000000231. The lowest BCUT2D eigenvalue weighted by Gasteiger charge is -2.23. The lowest BCUT2D eigenvalue weighted by atomic mass is 10.2. The monoisotopic (exact) mass is 328 g/mol. The Morgan fingerprint density at radius 3 is 2.30 bits per heavy atom. The van der Waals surface area contributed by atoms with E-state index in [1.54, 1.807) is 4.90 Å². The summed E-state index contributed by atoms with van der Waals surface area (Å²) in [5.74, 6) is -1.10. The minimum Gasteiger partial charge on any atom is -0.391 e. The number of primary amides is 2. The van der Waals surface area contributed by atoms with E-state index >= 15 is 0 Å². The topological polar surface area (TPSA) is 147 Å². The number of likely N-dealkylation sites (tertiary alicyclic amines) is 2. The summed E-state index contributed by atoms with van der Waals surface area (Å²) < 4.78 is 0. The van der Waals surface area contributed by atoms with Gasteiger partial charge in [-0.15, -0.1) is 0 Å². The molecule has 2 heterocycles. The summed E-state index contributed by atoms with van der Waals surface area (Å²) in [4.78, 5) is 46.2. The molecule has 2 atom stereocenters. The van der Waals surface area contributed by atoms with Crippen molar-refractivity contribution in [2.75, 3.05) is 19.6 Å². The van der Waals surface area contributed by atoms with E-state index in [2.05, 4.69) is 0 Å². The second-order valence-corrected chi connectivity index (χ2v) is 5.62. The molecule has 2 saturated heterocycles. The fourth-order valence-corrected chi connectivity index (χ4v) is 2.67. The lowest BCUT2D eigenvalue weighted by molar-refractivity contribution is -0.136. The number of aliphatic hydroxyl groups is 1. The van der Waals surface area contributed by atoms with Crippen LogP contribution in [0.3, 0.4) is 0 Å². The molecule has 0 spiro atoms. The van der Waals surface area contributed by atoms with Crippen LogP contribution in [0.15, 0.2) is 0 Å². The molecule has 2 unspecified atom stereocenters. The molecule has 9 heteroatoms. The molecule has 0 bridgehead atoms. The van der Waals surface area contributed by atoms with E-state index in [1.165, 1.54) is 4.90 Å². The molecule has 2 aliphatic rings. The third-order valence-corrected chi connectivity index (χ3v) is 3.74. The van der Waals surface area contributed by atoms with Crippen molar-refractivity contribution in [3.05, 3.63) is 0 Å². The highest BCUT2D eigenvalue weighted by Gasteiger charge is 2.30. The average Bonchev–Trinajstić information content (AvgIpc) is 2.97. The van der Waals surface area contributed by atoms with Gasteiger partial charge in [0.25, 0.3) is 0 Å². The van der Waals surface area contributed by atoms with Gasteiger partial charge in [-0.3, -0.25) is 19.2 Å². The Kier molecular flexibility index (Phi) is 6.95. The highest BCUT2D eigenvalue weighted by molar-refractivity contribution is 5.87. The molecule has 130 valence electrons. The molecule has 9 nitrogen and oxygen atoms in total. The summed E-state index contributed by atoms with van der Waals surface area (Å²) in [5.41, 5.74) is 10.0. The lowest BCUT2D eigenvalue weighted by Crippen LogP contribution is -2.44. The summed E-state index contributed by atoms with van der Waals surface area (Å²) in [7, 11) is 0. The smallest absolute Gasteiger partial charge is 0.240 e. The minimum absolute atomic E-state index is 0.0562. The van der Waals surface area contributed by atoms with Crippen molar-refractivity contribution in [3.63, 3.8) is 0 Å². The molecule has 2 fully saturated rings. The van der Waals surface area contributed by atoms with Gasteiger partial charge in [0, 0.05) is 19.5 Å². The van der Waals surface area contributed by atoms with Crippen LogP contribution in [0.1, 0.15) is 32.6 Å². The van der Waals surface area contributed by atoms with Crippen molar-refractivity contribution in [1.82, 2.24) is 9.80 Å². The zero-order valence-electron chi connectivity index (χ0n) is 13.2. The number of nitrogens with zero attached hydrogens (tertiary/aromatic N) is 2. The van der Waals surface area contributed by atoms with Gasteiger partial charge in [-0.25, -0.2) is 0 Å². The number of β-amino-alcohol motifs (C(OH)–C–C–N with tert-alkyl or cyclic N) is 1. The average molecular weight is 328 g/mol. The Morgan fingerprint density at radius 2 is 1.96 bits per heavy atom. The second kappa shape index (κ2) is 8.47. The van der Waals surface area contributed by atoms with Gasteiger partial charge in [-0.1, -0.05) is 6.92 Å². The van der Waals surface area contributed by atoms with Crippen LogP contribution in [0.5, 0.6) is 0 Å². The zero-order valence-corrected chi connectivity index (χ0v) is 13.2. The predicted molar refractivity (Wildman–Crippen MR) is 80.6 cm³/mol. The van der Waals surface area contributed by atoms with Gasteiger partial charge in [0.15, 0.2) is 0 Å². The van der Waals surface area contributed by atoms with Gasteiger partial charge in [0.2, 0.25) is 23.6 Å². The first-order valence-electron chi connectivity index (χ1n) is 7.59. The van der Waals surface area contributed by atoms with Crippen LogP contribution >= 0.6 is 0 Å². The van der Waals surface area contributed by atoms with Crippen LogP contribution < -0.4 is 11.5 Å². The molecule has 0 aromatic carbocycles. The van der Waals surface area contributed by atoms with Crippen molar-refractivity contribution >= 4 is 23.6 Å². The van der Waals surface area contributed by atoms with Gasteiger partial charge in [-0.05, 0) is 12.8 Å². The summed E-state index contributed by atoms with van der Waals surface area (Å²) in [5, 5.41) is 8.97. The molecule has 2 rings (SSSR count). The van der Waals surface area contributed by atoms with Gasteiger partial charge < -0.3 is 26.4 Å². The van der Waals surface area contributed by atoms with Gasteiger partial charge in [0.05, 0.1) is 19.1 Å².